The highest BCUT2D eigenvalue weighted by Gasteiger charge is 2.10. The summed E-state index contributed by atoms with van der Waals surface area (Å²) >= 11 is 0. The number of hydrogen-bond acceptors (Lipinski definition) is 4. The lowest BCUT2D eigenvalue weighted by Gasteiger charge is -2.07. The van der Waals surface area contributed by atoms with Gasteiger partial charge in [-0.05, 0) is 17.2 Å². The van der Waals surface area contributed by atoms with Gasteiger partial charge in [-0.15, -0.1) is 0 Å². The topological polar surface area (TPSA) is 90.0 Å². The molecule has 2 rings (SSSR count). The highest BCUT2D eigenvalue weighted by molar-refractivity contribution is 7.88. The van der Waals surface area contributed by atoms with Gasteiger partial charge in [0.15, 0.2) is 0 Å². The molecule has 0 amide bonds. The summed E-state index contributed by atoms with van der Waals surface area (Å²) in [5.41, 5.74) is 7.23. The Kier molecular flexibility index (Phi) is 4.89. The molecule has 1 aromatic heterocycles. The number of nitrogens with two attached hydrogens (primary N) is 1. The number of hydrogen-bond donors (Lipinski definition) is 2. The van der Waals surface area contributed by atoms with E-state index in [1.165, 1.54) is 0 Å². The van der Waals surface area contributed by atoms with Crippen LogP contribution in [0.5, 0.6) is 0 Å². The third kappa shape index (κ3) is 4.44. The first-order chi connectivity index (χ1) is 9.59. The average molecular weight is 294 g/mol. The van der Waals surface area contributed by atoms with Crippen molar-refractivity contribution in [1.82, 2.24) is 14.5 Å². The third-order valence-corrected chi connectivity index (χ3v) is 4.19. The van der Waals surface area contributed by atoms with Gasteiger partial charge in [-0.2, -0.15) is 5.10 Å². The lowest BCUT2D eigenvalue weighted by molar-refractivity contribution is 0.560. The summed E-state index contributed by atoms with van der Waals surface area (Å²) in [7, 11) is -3.33. The van der Waals surface area contributed by atoms with Gasteiger partial charge in [0.25, 0.3) is 0 Å². The first-order valence-electron chi connectivity index (χ1n) is 6.32. The third-order valence-electron chi connectivity index (χ3n) is 2.84. The SMILES string of the molecule is NCc1ccc(CS(=O)(=O)NCCn2cccn2)cc1. The maximum absolute atomic E-state index is 11.9. The Bertz CT molecular complexity index is 621. The van der Waals surface area contributed by atoms with Crippen LogP contribution in [0.3, 0.4) is 0 Å². The molecule has 0 unspecified atom stereocenters. The smallest absolute Gasteiger partial charge is 0.215 e. The molecular weight excluding hydrogens is 276 g/mol. The standard InChI is InChI=1S/C13H18N4O2S/c14-10-12-2-4-13(5-3-12)11-20(18,19)16-7-9-17-8-1-6-15-17/h1-6,8,16H,7,9-11,14H2. The van der Waals surface area contributed by atoms with Crippen LogP contribution in [0.4, 0.5) is 0 Å². The van der Waals surface area contributed by atoms with Gasteiger partial charge in [-0.1, -0.05) is 24.3 Å². The van der Waals surface area contributed by atoms with Crippen molar-refractivity contribution >= 4 is 10.0 Å². The number of nitrogens with one attached hydrogen (secondary N) is 1. The van der Waals surface area contributed by atoms with E-state index in [-0.39, 0.29) is 5.75 Å². The molecule has 2 aromatic rings. The molecule has 108 valence electrons. The van der Waals surface area contributed by atoms with Crippen LogP contribution in [0.2, 0.25) is 0 Å². The van der Waals surface area contributed by atoms with Crippen LogP contribution >= 0.6 is 0 Å². The molecule has 7 heteroatoms. The van der Waals surface area contributed by atoms with E-state index in [4.69, 9.17) is 5.73 Å². The van der Waals surface area contributed by atoms with Gasteiger partial charge in [0.2, 0.25) is 10.0 Å². The van der Waals surface area contributed by atoms with Crippen LogP contribution in [-0.4, -0.2) is 24.7 Å². The summed E-state index contributed by atoms with van der Waals surface area (Å²) in [4.78, 5) is 0. The zero-order valence-corrected chi connectivity index (χ0v) is 11.9. The Labute approximate surface area is 118 Å². The van der Waals surface area contributed by atoms with Crippen LogP contribution in [0.25, 0.3) is 0 Å². The fraction of sp³-hybridized carbons (Fsp3) is 0.308. The van der Waals surface area contributed by atoms with Gasteiger partial charge in [0.1, 0.15) is 0 Å². The normalized spacial score (nSPS) is 11.7. The second-order valence-electron chi connectivity index (χ2n) is 4.44. The first kappa shape index (κ1) is 14.7. The fourth-order valence-corrected chi connectivity index (χ4v) is 2.93. The summed E-state index contributed by atoms with van der Waals surface area (Å²) in [6.45, 7) is 1.29. The number of sulfonamides is 1. The monoisotopic (exact) mass is 294 g/mol. The second kappa shape index (κ2) is 6.65. The molecule has 0 saturated heterocycles. The predicted octanol–water partition coefficient (Wildman–Crippen LogP) is 0.461. The van der Waals surface area contributed by atoms with Crippen LogP contribution in [-0.2, 0) is 28.9 Å². The molecule has 0 aliphatic rings. The summed E-state index contributed by atoms with van der Waals surface area (Å²) in [6.07, 6.45) is 3.45. The van der Waals surface area contributed by atoms with Crippen LogP contribution in [0.1, 0.15) is 11.1 Å². The number of rotatable bonds is 7. The molecule has 6 nitrogen and oxygen atoms in total. The van der Waals surface area contributed by atoms with Gasteiger partial charge < -0.3 is 5.73 Å². The molecule has 20 heavy (non-hydrogen) atoms. The maximum Gasteiger partial charge on any atom is 0.215 e. The summed E-state index contributed by atoms with van der Waals surface area (Å²) in [6, 6.07) is 9.06. The van der Waals surface area contributed by atoms with E-state index in [9.17, 15) is 8.42 Å². The quantitative estimate of drug-likeness (QED) is 0.776. The molecule has 0 atom stereocenters. The van der Waals surface area contributed by atoms with E-state index in [0.717, 1.165) is 11.1 Å². The molecular formula is C13H18N4O2S. The predicted molar refractivity (Wildman–Crippen MR) is 77.2 cm³/mol. The van der Waals surface area contributed by atoms with Crippen molar-refractivity contribution in [2.24, 2.45) is 5.73 Å². The van der Waals surface area contributed by atoms with Crippen molar-refractivity contribution < 1.29 is 8.42 Å². The van der Waals surface area contributed by atoms with E-state index < -0.39 is 10.0 Å². The minimum Gasteiger partial charge on any atom is -0.326 e. The molecule has 0 saturated carbocycles. The number of nitrogens with zero attached hydrogens (tertiary/aromatic N) is 2. The largest absolute Gasteiger partial charge is 0.326 e. The van der Waals surface area contributed by atoms with Crippen molar-refractivity contribution in [1.29, 1.82) is 0 Å². The summed E-state index contributed by atoms with van der Waals surface area (Å²) in [5.74, 6) is -0.0308. The Morgan fingerprint density at radius 2 is 1.90 bits per heavy atom. The van der Waals surface area contributed by atoms with E-state index in [0.29, 0.717) is 19.6 Å². The molecule has 1 aromatic carbocycles. The van der Waals surface area contributed by atoms with Gasteiger partial charge in [0, 0.05) is 25.5 Å². The van der Waals surface area contributed by atoms with Gasteiger partial charge >= 0.3 is 0 Å². The molecule has 3 N–H and O–H groups in total. The van der Waals surface area contributed by atoms with E-state index in [2.05, 4.69) is 9.82 Å². The zero-order valence-electron chi connectivity index (χ0n) is 11.1. The molecule has 0 aliphatic carbocycles. The van der Waals surface area contributed by atoms with E-state index >= 15 is 0 Å². The molecule has 0 aliphatic heterocycles. The Hall–Kier alpha value is -1.70. The summed E-state index contributed by atoms with van der Waals surface area (Å²) < 4.78 is 28.1. The number of aromatic nitrogens is 2. The molecule has 0 spiro atoms. The van der Waals surface area contributed by atoms with Gasteiger partial charge in [-0.25, -0.2) is 13.1 Å². The summed E-state index contributed by atoms with van der Waals surface area (Å²) in [5, 5.41) is 4.01. The molecule has 0 radical (unpaired) electrons. The Balaban J connectivity index is 1.86. The average Bonchev–Trinajstić information content (AvgIpc) is 2.92. The molecule has 0 fully saturated rings. The van der Waals surface area contributed by atoms with Crippen molar-refractivity contribution in [2.75, 3.05) is 6.54 Å². The molecule has 0 bridgehead atoms. The Morgan fingerprint density at radius 3 is 2.50 bits per heavy atom. The first-order valence-corrected chi connectivity index (χ1v) is 7.97. The fourth-order valence-electron chi connectivity index (χ4n) is 1.79. The van der Waals surface area contributed by atoms with Gasteiger partial charge in [-0.3, -0.25) is 4.68 Å². The van der Waals surface area contributed by atoms with Crippen LogP contribution in [0, 0.1) is 0 Å². The minimum atomic E-state index is -3.33. The lowest BCUT2D eigenvalue weighted by atomic mass is 10.1. The van der Waals surface area contributed by atoms with Crippen LogP contribution < -0.4 is 10.5 Å². The lowest BCUT2D eigenvalue weighted by Crippen LogP contribution is -2.28. The van der Waals surface area contributed by atoms with Crippen molar-refractivity contribution in [3.05, 3.63) is 53.9 Å². The molecule has 1 heterocycles. The highest BCUT2D eigenvalue weighted by atomic mass is 32.2. The van der Waals surface area contributed by atoms with Crippen LogP contribution in [0.15, 0.2) is 42.7 Å². The zero-order chi connectivity index (χ0) is 14.4. The minimum absolute atomic E-state index is 0.0308. The number of benzene rings is 1. The van der Waals surface area contributed by atoms with E-state index in [1.54, 1.807) is 35.3 Å². The Morgan fingerprint density at radius 1 is 1.20 bits per heavy atom. The second-order valence-corrected chi connectivity index (χ2v) is 6.25. The highest BCUT2D eigenvalue weighted by Crippen LogP contribution is 2.07. The van der Waals surface area contributed by atoms with E-state index in [1.807, 2.05) is 12.1 Å². The maximum atomic E-state index is 11.9. The van der Waals surface area contributed by atoms with Gasteiger partial charge in [0.05, 0.1) is 12.3 Å². The van der Waals surface area contributed by atoms with Crippen molar-refractivity contribution in [3.8, 4) is 0 Å². The van der Waals surface area contributed by atoms with Crippen molar-refractivity contribution in [2.45, 2.75) is 18.8 Å². The van der Waals surface area contributed by atoms with Crippen molar-refractivity contribution in [3.63, 3.8) is 0 Å².